The highest BCUT2D eigenvalue weighted by atomic mass is 19.1. The minimum absolute atomic E-state index is 0.221. The van der Waals surface area contributed by atoms with E-state index in [0.717, 1.165) is 12.8 Å². The predicted octanol–water partition coefficient (Wildman–Crippen LogP) is 3.93. The zero-order valence-electron chi connectivity index (χ0n) is 8.92. The largest absolute Gasteiger partial charge is 0.490 e. The molecule has 0 N–H and O–H groups in total. The molecule has 15 heavy (non-hydrogen) atoms. The van der Waals surface area contributed by atoms with Gasteiger partial charge in [-0.15, -0.1) is 0 Å². The van der Waals surface area contributed by atoms with Gasteiger partial charge in [-0.3, -0.25) is 0 Å². The zero-order valence-corrected chi connectivity index (χ0v) is 8.92. The number of rotatable bonds is 2. The van der Waals surface area contributed by atoms with Crippen LogP contribution in [0.1, 0.15) is 38.5 Å². The number of hydrogen-bond donors (Lipinski definition) is 0. The molecule has 0 aliphatic heterocycles. The minimum Gasteiger partial charge on any atom is -0.490 e. The van der Waals surface area contributed by atoms with Crippen molar-refractivity contribution in [2.75, 3.05) is 0 Å². The Kier molecular flexibility index (Phi) is 3.59. The van der Waals surface area contributed by atoms with Gasteiger partial charge in [-0.05, 0) is 37.8 Å². The van der Waals surface area contributed by atoms with Gasteiger partial charge in [0.25, 0.3) is 0 Å². The first-order chi connectivity index (χ1) is 7.34. The van der Waals surface area contributed by atoms with E-state index in [-0.39, 0.29) is 11.9 Å². The molecule has 1 aromatic rings. The molecule has 0 saturated heterocycles. The van der Waals surface area contributed by atoms with Crippen LogP contribution in [-0.4, -0.2) is 6.10 Å². The third-order valence-electron chi connectivity index (χ3n) is 2.90. The third-order valence-corrected chi connectivity index (χ3v) is 2.90. The van der Waals surface area contributed by atoms with E-state index in [1.165, 1.54) is 37.8 Å². The fourth-order valence-corrected chi connectivity index (χ4v) is 2.09. The van der Waals surface area contributed by atoms with E-state index in [1.807, 2.05) is 6.07 Å². The van der Waals surface area contributed by atoms with Crippen molar-refractivity contribution >= 4 is 0 Å². The Balaban J connectivity index is 1.95. The Bertz CT molecular complexity index is 303. The normalized spacial score (nSPS) is 18.5. The lowest BCUT2D eigenvalue weighted by Gasteiger charge is -2.16. The highest BCUT2D eigenvalue weighted by Crippen LogP contribution is 2.22. The maximum absolute atomic E-state index is 12.9. The Labute approximate surface area is 90.3 Å². The molecule has 2 heteroatoms. The lowest BCUT2D eigenvalue weighted by atomic mass is 10.1. The molecular weight excluding hydrogens is 191 g/mol. The summed E-state index contributed by atoms with van der Waals surface area (Å²) in [6.07, 6.45) is 7.59. The van der Waals surface area contributed by atoms with Crippen molar-refractivity contribution in [3.8, 4) is 5.75 Å². The van der Waals surface area contributed by atoms with Crippen molar-refractivity contribution in [1.82, 2.24) is 0 Å². The number of benzene rings is 1. The topological polar surface area (TPSA) is 9.23 Å². The third kappa shape index (κ3) is 3.22. The second-order valence-electron chi connectivity index (χ2n) is 4.19. The Morgan fingerprint density at radius 2 is 1.80 bits per heavy atom. The van der Waals surface area contributed by atoms with Gasteiger partial charge < -0.3 is 4.74 Å². The highest BCUT2D eigenvalue weighted by molar-refractivity contribution is 5.22. The smallest absolute Gasteiger partial charge is 0.126 e. The van der Waals surface area contributed by atoms with E-state index >= 15 is 0 Å². The lowest BCUT2D eigenvalue weighted by molar-refractivity contribution is 0.183. The molecule has 1 saturated carbocycles. The van der Waals surface area contributed by atoms with E-state index in [4.69, 9.17) is 4.74 Å². The summed E-state index contributed by atoms with van der Waals surface area (Å²) >= 11 is 0. The van der Waals surface area contributed by atoms with Gasteiger partial charge in [0.05, 0.1) is 6.10 Å². The molecule has 0 spiro atoms. The van der Waals surface area contributed by atoms with Crippen molar-refractivity contribution in [2.45, 2.75) is 44.6 Å². The monoisotopic (exact) mass is 208 g/mol. The molecule has 2 rings (SSSR count). The van der Waals surface area contributed by atoms with Crippen LogP contribution in [0.4, 0.5) is 4.39 Å². The standard InChI is InChI=1S/C13H17FO/c14-11-6-5-9-13(10-11)15-12-7-3-1-2-4-8-12/h5-6,9-10,12H,1-4,7-8H2. The van der Waals surface area contributed by atoms with Crippen LogP contribution in [0, 0.1) is 5.82 Å². The first-order valence-electron chi connectivity index (χ1n) is 5.77. The molecule has 0 bridgehead atoms. The Morgan fingerprint density at radius 1 is 1.07 bits per heavy atom. The van der Waals surface area contributed by atoms with Gasteiger partial charge in [0.2, 0.25) is 0 Å². The maximum atomic E-state index is 12.9. The average Bonchev–Trinajstić information content (AvgIpc) is 2.46. The van der Waals surface area contributed by atoms with Crippen molar-refractivity contribution in [3.63, 3.8) is 0 Å². The van der Waals surface area contributed by atoms with Crippen molar-refractivity contribution in [1.29, 1.82) is 0 Å². The molecule has 1 aliphatic rings. The highest BCUT2D eigenvalue weighted by Gasteiger charge is 2.13. The van der Waals surface area contributed by atoms with Gasteiger partial charge in [0, 0.05) is 6.07 Å². The van der Waals surface area contributed by atoms with Gasteiger partial charge in [0.1, 0.15) is 11.6 Å². The van der Waals surface area contributed by atoms with E-state index in [1.54, 1.807) is 6.07 Å². The van der Waals surface area contributed by atoms with Crippen molar-refractivity contribution < 1.29 is 9.13 Å². The second-order valence-corrected chi connectivity index (χ2v) is 4.19. The van der Waals surface area contributed by atoms with Crippen LogP contribution in [0.3, 0.4) is 0 Å². The van der Waals surface area contributed by atoms with Crippen LogP contribution in [0.25, 0.3) is 0 Å². The molecule has 0 atom stereocenters. The summed E-state index contributed by atoms with van der Waals surface area (Å²) in [4.78, 5) is 0. The van der Waals surface area contributed by atoms with Gasteiger partial charge in [-0.1, -0.05) is 18.9 Å². The van der Waals surface area contributed by atoms with Crippen LogP contribution >= 0.6 is 0 Å². The SMILES string of the molecule is Fc1cccc(OC2CCCCCC2)c1. The van der Waals surface area contributed by atoms with Crippen LogP contribution < -0.4 is 4.74 Å². The van der Waals surface area contributed by atoms with Crippen LogP contribution in [0.2, 0.25) is 0 Å². The van der Waals surface area contributed by atoms with E-state index in [9.17, 15) is 4.39 Å². The summed E-state index contributed by atoms with van der Waals surface area (Å²) in [7, 11) is 0. The molecule has 0 amide bonds. The first-order valence-corrected chi connectivity index (χ1v) is 5.77. The van der Waals surface area contributed by atoms with Gasteiger partial charge in [-0.2, -0.15) is 0 Å². The summed E-state index contributed by atoms with van der Waals surface area (Å²) in [6, 6.07) is 6.43. The second kappa shape index (κ2) is 5.15. The number of hydrogen-bond acceptors (Lipinski definition) is 1. The average molecular weight is 208 g/mol. The molecule has 0 radical (unpaired) electrons. The van der Waals surface area contributed by atoms with E-state index < -0.39 is 0 Å². The van der Waals surface area contributed by atoms with Crippen molar-refractivity contribution in [3.05, 3.63) is 30.1 Å². The lowest BCUT2D eigenvalue weighted by Crippen LogP contribution is -2.15. The molecule has 0 aromatic heterocycles. The van der Waals surface area contributed by atoms with Gasteiger partial charge in [0.15, 0.2) is 0 Å². The number of ether oxygens (including phenoxy) is 1. The Hall–Kier alpha value is -1.05. The Morgan fingerprint density at radius 3 is 2.47 bits per heavy atom. The van der Waals surface area contributed by atoms with Crippen LogP contribution in [-0.2, 0) is 0 Å². The summed E-state index contributed by atoms with van der Waals surface area (Å²) in [5, 5.41) is 0. The fourth-order valence-electron chi connectivity index (χ4n) is 2.09. The van der Waals surface area contributed by atoms with Gasteiger partial charge >= 0.3 is 0 Å². The molecule has 0 unspecified atom stereocenters. The molecule has 0 heterocycles. The zero-order chi connectivity index (χ0) is 10.5. The maximum Gasteiger partial charge on any atom is 0.126 e. The fraction of sp³-hybridized carbons (Fsp3) is 0.538. The molecule has 1 fully saturated rings. The van der Waals surface area contributed by atoms with Crippen LogP contribution in [0.5, 0.6) is 5.75 Å². The summed E-state index contributed by atoms with van der Waals surface area (Å²) in [6.45, 7) is 0. The van der Waals surface area contributed by atoms with Crippen molar-refractivity contribution in [2.24, 2.45) is 0 Å². The summed E-state index contributed by atoms with van der Waals surface area (Å²) in [5.41, 5.74) is 0. The quantitative estimate of drug-likeness (QED) is 0.669. The predicted molar refractivity (Wildman–Crippen MR) is 58.5 cm³/mol. The summed E-state index contributed by atoms with van der Waals surface area (Å²) in [5.74, 6) is 0.447. The molecule has 82 valence electrons. The molecule has 1 aliphatic carbocycles. The molecule has 1 nitrogen and oxygen atoms in total. The summed E-state index contributed by atoms with van der Waals surface area (Å²) < 4.78 is 18.7. The minimum atomic E-state index is -0.221. The van der Waals surface area contributed by atoms with E-state index in [0.29, 0.717) is 5.75 Å². The first kappa shape index (κ1) is 10.5. The van der Waals surface area contributed by atoms with Gasteiger partial charge in [-0.25, -0.2) is 4.39 Å². The number of halogens is 1. The van der Waals surface area contributed by atoms with Crippen LogP contribution in [0.15, 0.2) is 24.3 Å². The van der Waals surface area contributed by atoms with E-state index in [2.05, 4.69) is 0 Å². The molecular formula is C13H17FO. The molecule has 1 aromatic carbocycles.